The smallest absolute Gasteiger partial charge is 0.318 e. The van der Waals surface area contributed by atoms with Crippen molar-refractivity contribution in [3.8, 4) is 0 Å². The lowest BCUT2D eigenvalue weighted by Crippen LogP contribution is -2.48. The van der Waals surface area contributed by atoms with Gasteiger partial charge in [0, 0.05) is 31.4 Å². The third-order valence-electron chi connectivity index (χ3n) is 4.63. The SMILES string of the molecule is O=C(N[C@@H]1CCN(c2ccc(F)c(Cl)c2)C1)N1CCC[C@H]1CO. The Morgan fingerprint density at radius 2 is 2.22 bits per heavy atom. The van der Waals surface area contributed by atoms with Crippen LogP contribution in [0.5, 0.6) is 0 Å². The fourth-order valence-electron chi connectivity index (χ4n) is 3.34. The topological polar surface area (TPSA) is 55.8 Å². The molecule has 0 aliphatic carbocycles. The van der Waals surface area contributed by atoms with E-state index in [1.807, 2.05) is 0 Å². The number of hydrogen-bond donors (Lipinski definition) is 2. The molecule has 2 N–H and O–H groups in total. The molecule has 2 atom stereocenters. The van der Waals surface area contributed by atoms with E-state index >= 15 is 0 Å². The number of nitrogens with zero attached hydrogens (tertiary/aromatic N) is 2. The Balaban J connectivity index is 1.57. The number of hydrogen-bond acceptors (Lipinski definition) is 3. The Bertz CT molecular complexity index is 586. The number of likely N-dealkylation sites (tertiary alicyclic amines) is 1. The zero-order valence-corrected chi connectivity index (χ0v) is 13.6. The largest absolute Gasteiger partial charge is 0.394 e. The number of halogens is 2. The highest BCUT2D eigenvalue weighted by Crippen LogP contribution is 2.26. The number of benzene rings is 1. The predicted octanol–water partition coefficient (Wildman–Crippen LogP) is 2.22. The molecule has 23 heavy (non-hydrogen) atoms. The summed E-state index contributed by atoms with van der Waals surface area (Å²) in [5.41, 5.74) is 0.863. The highest BCUT2D eigenvalue weighted by Gasteiger charge is 2.31. The first-order valence-corrected chi connectivity index (χ1v) is 8.34. The molecule has 2 aliphatic heterocycles. The first-order valence-electron chi connectivity index (χ1n) is 7.96. The average Bonchev–Trinajstić information content (AvgIpc) is 3.18. The molecular formula is C16H21ClFN3O2. The predicted molar refractivity (Wildman–Crippen MR) is 87.4 cm³/mol. The molecule has 2 saturated heterocycles. The molecule has 7 heteroatoms. The zero-order valence-electron chi connectivity index (χ0n) is 12.8. The van der Waals surface area contributed by atoms with E-state index in [9.17, 15) is 14.3 Å². The second-order valence-corrected chi connectivity index (χ2v) is 6.56. The van der Waals surface area contributed by atoms with Gasteiger partial charge >= 0.3 is 6.03 Å². The van der Waals surface area contributed by atoms with Gasteiger partial charge < -0.3 is 20.2 Å². The van der Waals surface area contributed by atoms with Crippen molar-refractivity contribution < 1.29 is 14.3 Å². The standard InChI is InChI=1S/C16H21ClFN3O2/c17-14-8-12(3-4-15(14)18)20-7-5-11(9-20)19-16(23)21-6-1-2-13(21)10-22/h3-4,8,11,13,22H,1-2,5-7,9-10H2,(H,19,23)/t11-,13+/m1/s1. The van der Waals surface area contributed by atoms with Gasteiger partial charge in [-0.05, 0) is 37.5 Å². The molecule has 0 spiro atoms. The minimum Gasteiger partial charge on any atom is -0.394 e. The summed E-state index contributed by atoms with van der Waals surface area (Å²) in [6.45, 7) is 2.17. The molecule has 0 unspecified atom stereocenters. The maximum atomic E-state index is 13.2. The average molecular weight is 342 g/mol. The van der Waals surface area contributed by atoms with Crippen LogP contribution in [0.3, 0.4) is 0 Å². The molecule has 2 amide bonds. The van der Waals surface area contributed by atoms with Crippen molar-refractivity contribution >= 4 is 23.3 Å². The van der Waals surface area contributed by atoms with Crippen LogP contribution in [0.25, 0.3) is 0 Å². The normalized spacial score (nSPS) is 24.3. The third-order valence-corrected chi connectivity index (χ3v) is 4.92. The van der Waals surface area contributed by atoms with Gasteiger partial charge in [-0.2, -0.15) is 0 Å². The molecule has 0 aromatic heterocycles. The number of amides is 2. The number of aliphatic hydroxyl groups is 1. The fraction of sp³-hybridized carbons (Fsp3) is 0.562. The van der Waals surface area contributed by atoms with E-state index in [2.05, 4.69) is 10.2 Å². The summed E-state index contributed by atoms with van der Waals surface area (Å²) in [4.78, 5) is 16.1. The molecule has 1 aromatic rings. The van der Waals surface area contributed by atoms with Crippen LogP contribution in [0.15, 0.2) is 18.2 Å². The van der Waals surface area contributed by atoms with E-state index in [1.54, 1.807) is 17.0 Å². The summed E-state index contributed by atoms with van der Waals surface area (Å²) in [5.74, 6) is -0.427. The Labute approximate surface area is 140 Å². The second-order valence-electron chi connectivity index (χ2n) is 6.15. The van der Waals surface area contributed by atoms with Gasteiger partial charge in [0.25, 0.3) is 0 Å². The minimum absolute atomic E-state index is 0.0122. The van der Waals surface area contributed by atoms with E-state index in [4.69, 9.17) is 11.6 Å². The molecule has 2 heterocycles. The number of rotatable bonds is 3. The number of urea groups is 1. The lowest BCUT2D eigenvalue weighted by atomic mass is 10.2. The van der Waals surface area contributed by atoms with E-state index in [1.165, 1.54) is 6.07 Å². The molecule has 0 radical (unpaired) electrons. The minimum atomic E-state index is -0.427. The summed E-state index contributed by atoms with van der Waals surface area (Å²) in [6, 6.07) is 4.55. The van der Waals surface area contributed by atoms with E-state index < -0.39 is 5.82 Å². The van der Waals surface area contributed by atoms with Crippen molar-refractivity contribution in [2.45, 2.75) is 31.3 Å². The van der Waals surface area contributed by atoms with Crippen molar-refractivity contribution in [3.05, 3.63) is 29.0 Å². The number of nitrogens with one attached hydrogen (secondary N) is 1. The Morgan fingerprint density at radius 3 is 2.96 bits per heavy atom. The first kappa shape index (κ1) is 16.3. The molecule has 0 saturated carbocycles. The number of carbonyl (C=O) groups excluding carboxylic acids is 1. The lowest BCUT2D eigenvalue weighted by Gasteiger charge is -2.25. The van der Waals surface area contributed by atoms with Crippen LogP contribution >= 0.6 is 11.6 Å². The van der Waals surface area contributed by atoms with Crippen LogP contribution in [0, 0.1) is 5.82 Å². The summed E-state index contributed by atoms with van der Waals surface area (Å²) in [5, 5.41) is 12.5. The maximum absolute atomic E-state index is 13.2. The summed E-state index contributed by atoms with van der Waals surface area (Å²) >= 11 is 5.83. The molecule has 2 aliphatic rings. The Hall–Kier alpha value is -1.53. The van der Waals surface area contributed by atoms with Crippen LogP contribution in [-0.2, 0) is 0 Å². The van der Waals surface area contributed by atoms with Gasteiger partial charge in [0.15, 0.2) is 0 Å². The Morgan fingerprint density at radius 1 is 1.39 bits per heavy atom. The third kappa shape index (κ3) is 3.53. The number of carbonyl (C=O) groups is 1. The number of aliphatic hydroxyl groups excluding tert-OH is 1. The lowest BCUT2D eigenvalue weighted by molar-refractivity contribution is 0.155. The fourth-order valence-corrected chi connectivity index (χ4v) is 3.52. The molecule has 1 aromatic carbocycles. The van der Waals surface area contributed by atoms with Crippen LogP contribution in [0.2, 0.25) is 5.02 Å². The van der Waals surface area contributed by atoms with E-state index in [0.29, 0.717) is 13.1 Å². The van der Waals surface area contributed by atoms with Gasteiger partial charge in [-0.3, -0.25) is 0 Å². The second kappa shape index (κ2) is 6.93. The highest BCUT2D eigenvalue weighted by molar-refractivity contribution is 6.31. The number of anilines is 1. The summed E-state index contributed by atoms with van der Waals surface area (Å²) in [7, 11) is 0. The van der Waals surface area contributed by atoms with E-state index in [-0.39, 0.29) is 29.7 Å². The Kier molecular flexibility index (Phi) is 4.92. The molecular weight excluding hydrogens is 321 g/mol. The van der Waals surface area contributed by atoms with Gasteiger partial charge in [0.05, 0.1) is 17.7 Å². The summed E-state index contributed by atoms with van der Waals surface area (Å²) in [6.07, 6.45) is 2.62. The van der Waals surface area contributed by atoms with Crippen LogP contribution in [-0.4, -0.2) is 54.4 Å². The molecule has 2 fully saturated rings. The van der Waals surface area contributed by atoms with Crippen LogP contribution in [0.4, 0.5) is 14.9 Å². The van der Waals surface area contributed by atoms with Gasteiger partial charge in [-0.15, -0.1) is 0 Å². The molecule has 3 rings (SSSR count). The van der Waals surface area contributed by atoms with Gasteiger partial charge in [0.1, 0.15) is 5.82 Å². The van der Waals surface area contributed by atoms with Crippen molar-refractivity contribution in [2.24, 2.45) is 0 Å². The van der Waals surface area contributed by atoms with Gasteiger partial charge in [0.2, 0.25) is 0 Å². The zero-order chi connectivity index (χ0) is 16.4. The molecule has 0 bridgehead atoms. The molecule has 126 valence electrons. The maximum Gasteiger partial charge on any atom is 0.318 e. The van der Waals surface area contributed by atoms with Gasteiger partial charge in [-0.25, -0.2) is 9.18 Å². The van der Waals surface area contributed by atoms with E-state index in [0.717, 1.165) is 31.5 Å². The van der Waals surface area contributed by atoms with Crippen LogP contribution < -0.4 is 10.2 Å². The van der Waals surface area contributed by atoms with Crippen molar-refractivity contribution in [3.63, 3.8) is 0 Å². The molecule has 5 nitrogen and oxygen atoms in total. The van der Waals surface area contributed by atoms with Crippen molar-refractivity contribution in [2.75, 3.05) is 31.1 Å². The highest BCUT2D eigenvalue weighted by atomic mass is 35.5. The monoisotopic (exact) mass is 341 g/mol. The quantitative estimate of drug-likeness (QED) is 0.886. The van der Waals surface area contributed by atoms with Crippen LogP contribution in [0.1, 0.15) is 19.3 Å². The van der Waals surface area contributed by atoms with Crippen molar-refractivity contribution in [1.29, 1.82) is 0 Å². The first-order chi connectivity index (χ1) is 11.1. The summed E-state index contributed by atoms with van der Waals surface area (Å²) < 4.78 is 13.2. The van der Waals surface area contributed by atoms with Gasteiger partial charge in [-0.1, -0.05) is 11.6 Å². The van der Waals surface area contributed by atoms with Crippen molar-refractivity contribution in [1.82, 2.24) is 10.2 Å².